The van der Waals surface area contributed by atoms with E-state index < -0.39 is 0 Å². The predicted molar refractivity (Wildman–Crippen MR) is 113 cm³/mol. The lowest BCUT2D eigenvalue weighted by Crippen LogP contribution is -2.36. The summed E-state index contributed by atoms with van der Waals surface area (Å²) in [6, 6.07) is 17.6. The Morgan fingerprint density at radius 1 is 0.964 bits per heavy atom. The first-order valence-corrected chi connectivity index (χ1v) is 10.4. The average Bonchev–Trinajstić information content (AvgIpc) is 3.14. The predicted octanol–water partition coefficient (Wildman–Crippen LogP) is 5.29. The molecule has 0 aliphatic heterocycles. The summed E-state index contributed by atoms with van der Waals surface area (Å²) in [5, 5.41) is 7.78. The minimum Gasteiger partial charge on any atom is -0.334 e. The van der Waals surface area contributed by atoms with Gasteiger partial charge in [0.1, 0.15) is 0 Å². The fourth-order valence-corrected chi connectivity index (χ4v) is 3.57. The fraction of sp³-hybridized carbons (Fsp3) is 0.417. The van der Waals surface area contributed by atoms with E-state index in [9.17, 15) is 0 Å². The molecule has 0 unspecified atom stereocenters. The van der Waals surface area contributed by atoms with E-state index in [0.717, 1.165) is 36.6 Å². The first kappa shape index (κ1) is 18.9. The summed E-state index contributed by atoms with van der Waals surface area (Å²) in [4.78, 5) is 4.58. The monoisotopic (exact) mass is 375 g/mol. The molecule has 0 spiro atoms. The van der Waals surface area contributed by atoms with Crippen LogP contribution in [0.5, 0.6) is 0 Å². The van der Waals surface area contributed by atoms with Crippen molar-refractivity contribution < 1.29 is 4.52 Å². The van der Waals surface area contributed by atoms with E-state index in [2.05, 4.69) is 77.8 Å². The van der Waals surface area contributed by atoms with Crippen LogP contribution in [0.1, 0.15) is 44.2 Å². The van der Waals surface area contributed by atoms with Crippen molar-refractivity contribution in [2.24, 2.45) is 5.92 Å². The van der Waals surface area contributed by atoms with Gasteiger partial charge in [-0.25, -0.2) is 0 Å². The summed E-state index contributed by atoms with van der Waals surface area (Å²) in [6.45, 7) is 5.51. The van der Waals surface area contributed by atoms with Crippen LogP contribution in [0, 0.1) is 5.92 Å². The summed E-state index contributed by atoms with van der Waals surface area (Å²) in [5.41, 5.74) is 4.62. The zero-order valence-electron chi connectivity index (χ0n) is 16.8. The van der Waals surface area contributed by atoms with Gasteiger partial charge in [-0.2, -0.15) is 4.98 Å². The lowest BCUT2D eigenvalue weighted by Gasteiger charge is -2.26. The van der Waals surface area contributed by atoms with Crippen LogP contribution in [0.3, 0.4) is 0 Å². The SMILES string of the molecule is CC(C)Cc1ccc(-c2nc(-c3ccc(CCNC4CCC4)cc3)no2)cc1. The van der Waals surface area contributed by atoms with Crippen LogP contribution in [0.15, 0.2) is 53.1 Å². The third-order valence-corrected chi connectivity index (χ3v) is 5.43. The zero-order valence-corrected chi connectivity index (χ0v) is 16.8. The number of hydrogen-bond donors (Lipinski definition) is 1. The van der Waals surface area contributed by atoms with Crippen molar-refractivity contribution in [2.45, 2.75) is 52.0 Å². The standard InChI is InChI=1S/C24H29N3O/c1-17(2)16-19-8-12-21(13-9-19)24-26-23(27-28-24)20-10-6-18(7-11-20)14-15-25-22-4-3-5-22/h6-13,17,22,25H,3-5,14-16H2,1-2H3. The van der Waals surface area contributed by atoms with E-state index in [-0.39, 0.29) is 0 Å². The van der Waals surface area contributed by atoms with Gasteiger partial charge in [0.05, 0.1) is 0 Å². The third-order valence-electron chi connectivity index (χ3n) is 5.43. The highest BCUT2D eigenvalue weighted by atomic mass is 16.5. The molecule has 2 aromatic carbocycles. The highest BCUT2D eigenvalue weighted by Crippen LogP contribution is 2.23. The van der Waals surface area contributed by atoms with Gasteiger partial charge in [-0.15, -0.1) is 0 Å². The number of hydrogen-bond acceptors (Lipinski definition) is 4. The zero-order chi connectivity index (χ0) is 19.3. The average molecular weight is 376 g/mol. The first-order chi connectivity index (χ1) is 13.7. The molecule has 0 bridgehead atoms. The lowest BCUT2D eigenvalue weighted by atomic mass is 9.93. The Bertz CT molecular complexity index is 877. The molecule has 1 aliphatic carbocycles. The van der Waals surface area contributed by atoms with Gasteiger partial charge in [-0.05, 0) is 61.4 Å². The van der Waals surface area contributed by atoms with E-state index >= 15 is 0 Å². The minimum atomic E-state index is 0.569. The second kappa shape index (κ2) is 8.70. The fourth-order valence-electron chi connectivity index (χ4n) is 3.57. The number of benzene rings is 2. The Labute approximate surface area is 167 Å². The van der Waals surface area contributed by atoms with Crippen LogP contribution in [0.2, 0.25) is 0 Å². The van der Waals surface area contributed by atoms with Crippen molar-refractivity contribution in [3.8, 4) is 22.8 Å². The van der Waals surface area contributed by atoms with Gasteiger partial charge < -0.3 is 9.84 Å². The molecule has 4 heteroatoms. The molecule has 0 amide bonds. The molecule has 1 fully saturated rings. The lowest BCUT2D eigenvalue weighted by molar-refractivity contribution is 0.342. The quantitative estimate of drug-likeness (QED) is 0.581. The Morgan fingerprint density at radius 3 is 2.29 bits per heavy atom. The molecule has 146 valence electrons. The number of aromatic nitrogens is 2. The van der Waals surface area contributed by atoms with Gasteiger partial charge in [-0.1, -0.05) is 61.8 Å². The number of rotatable bonds is 8. The second-order valence-electron chi connectivity index (χ2n) is 8.25. The molecule has 28 heavy (non-hydrogen) atoms. The maximum absolute atomic E-state index is 5.50. The Hall–Kier alpha value is -2.46. The normalized spacial score (nSPS) is 14.4. The molecule has 1 saturated carbocycles. The van der Waals surface area contributed by atoms with Gasteiger partial charge in [-0.3, -0.25) is 0 Å². The van der Waals surface area contributed by atoms with Crippen molar-refractivity contribution in [2.75, 3.05) is 6.54 Å². The Morgan fingerprint density at radius 2 is 1.64 bits per heavy atom. The van der Waals surface area contributed by atoms with Crippen LogP contribution < -0.4 is 5.32 Å². The van der Waals surface area contributed by atoms with Crippen molar-refractivity contribution >= 4 is 0 Å². The summed E-state index contributed by atoms with van der Waals surface area (Å²) < 4.78 is 5.50. The summed E-state index contributed by atoms with van der Waals surface area (Å²) in [5.74, 6) is 1.86. The Balaban J connectivity index is 1.37. The molecule has 0 saturated heterocycles. The van der Waals surface area contributed by atoms with Gasteiger partial charge in [0.15, 0.2) is 0 Å². The molecule has 1 aliphatic rings. The second-order valence-corrected chi connectivity index (χ2v) is 8.25. The van der Waals surface area contributed by atoms with Crippen LogP contribution in [0.4, 0.5) is 0 Å². The largest absolute Gasteiger partial charge is 0.334 e. The molecule has 4 nitrogen and oxygen atoms in total. The summed E-state index contributed by atoms with van der Waals surface area (Å²) in [7, 11) is 0. The highest BCUT2D eigenvalue weighted by Gasteiger charge is 2.15. The first-order valence-electron chi connectivity index (χ1n) is 10.4. The van der Waals surface area contributed by atoms with Crippen molar-refractivity contribution in [3.63, 3.8) is 0 Å². The van der Waals surface area contributed by atoms with Gasteiger partial charge in [0, 0.05) is 17.2 Å². The maximum Gasteiger partial charge on any atom is 0.258 e. The van der Waals surface area contributed by atoms with Gasteiger partial charge in [0.2, 0.25) is 5.82 Å². The highest BCUT2D eigenvalue weighted by molar-refractivity contribution is 5.60. The third kappa shape index (κ3) is 4.68. The maximum atomic E-state index is 5.50. The minimum absolute atomic E-state index is 0.569. The molecule has 0 atom stereocenters. The summed E-state index contributed by atoms with van der Waals surface area (Å²) in [6.07, 6.45) is 6.18. The Kier molecular flexibility index (Phi) is 5.87. The topological polar surface area (TPSA) is 51.0 Å². The van der Waals surface area contributed by atoms with Crippen LogP contribution >= 0.6 is 0 Å². The van der Waals surface area contributed by atoms with E-state index in [1.54, 1.807) is 0 Å². The van der Waals surface area contributed by atoms with Crippen LogP contribution in [-0.4, -0.2) is 22.7 Å². The molecule has 3 aromatic rings. The van der Waals surface area contributed by atoms with Gasteiger partial charge >= 0.3 is 0 Å². The molecule has 4 rings (SSSR count). The van der Waals surface area contributed by atoms with E-state index in [0.29, 0.717) is 17.6 Å². The van der Waals surface area contributed by atoms with Crippen molar-refractivity contribution in [3.05, 3.63) is 59.7 Å². The molecule has 1 aromatic heterocycles. The molecule has 0 radical (unpaired) electrons. The molecule has 1 heterocycles. The van der Waals surface area contributed by atoms with E-state index in [1.165, 1.54) is 30.4 Å². The molecule has 1 N–H and O–H groups in total. The summed E-state index contributed by atoms with van der Waals surface area (Å²) >= 11 is 0. The van der Waals surface area contributed by atoms with Crippen molar-refractivity contribution in [1.82, 2.24) is 15.5 Å². The van der Waals surface area contributed by atoms with Crippen LogP contribution in [0.25, 0.3) is 22.8 Å². The molecular formula is C24H29N3O. The van der Waals surface area contributed by atoms with E-state index in [4.69, 9.17) is 4.52 Å². The molecular weight excluding hydrogens is 346 g/mol. The van der Waals surface area contributed by atoms with E-state index in [1.807, 2.05) is 0 Å². The van der Waals surface area contributed by atoms with Gasteiger partial charge in [0.25, 0.3) is 5.89 Å². The van der Waals surface area contributed by atoms with Crippen molar-refractivity contribution in [1.29, 1.82) is 0 Å². The number of nitrogens with zero attached hydrogens (tertiary/aromatic N) is 2. The smallest absolute Gasteiger partial charge is 0.258 e. The number of nitrogens with one attached hydrogen (secondary N) is 1. The van der Waals surface area contributed by atoms with Crippen LogP contribution in [-0.2, 0) is 12.8 Å².